The summed E-state index contributed by atoms with van der Waals surface area (Å²) >= 11 is 0. The van der Waals surface area contributed by atoms with Crippen molar-refractivity contribution in [1.29, 1.82) is 5.26 Å². The van der Waals surface area contributed by atoms with E-state index in [2.05, 4.69) is 0 Å². The predicted molar refractivity (Wildman–Crippen MR) is 41.6 cm³/mol. The van der Waals surface area contributed by atoms with Crippen molar-refractivity contribution < 1.29 is 9.78 Å². The van der Waals surface area contributed by atoms with Gasteiger partial charge in [-0.05, 0) is 27.2 Å². The highest BCUT2D eigenvalue weighted by Gasteiger charge is 2.10. The Morgan fingerprint density at radius 3 is 2.45 bits per heavy atom. The van der Waals surface area contributed by atoms with Gasteiger partial charge in [-0.1, -0.05) is 0 Å². The molecule has 0 fully saturated rings. The number of unbranched alkanes of at least 4 members (excludes halogenated alkanes) is 1. The van der Waals surface area contributed by atoms with E-state index in [-0.39, 0.29) is 5.60 Å². The van der Waals surface area contributed by atoms with E-state index in [1.807, 2.05) is 26.8 Å². The normalized spacial score (nSPS) is 11.1. The zero-order chi connectivity index (χ0) is 8.74. The minimum Gasteiger partial charge on any atom is -0.236 e. The quantitative estimate of drug-likeness (QED) is 0.356. The third-order valence-electron chi connectivity index (χ3n) is 0.825. The molecular weight excluding hydrogens is 142 g/mol. The van der Waals surface area contributed by atoms with Crippen LogP contribution in [0.5, 0.6) is 0 Å². The Hall–Kier alpha value is -0.590. The average Bonchev–Trinajstić information content (AvgIpc) is 1.85. The topological polar surface area (TPSA) is 42.2 Å². The van der Waals surface area contributed by atoms with Gasteiger partial charge in [-0.2, -0.15) is 5.26 Å². The van der Waals surface area contributed by atoms with E-state index in [4.69, 9.17) is 15.0 Å². The van der Waals surface area contributed by atoms with Crippen LogP contribution in [0.4, 0.5) is 0 Å². The standard InChI is InChI=1S/C8H15NO2/c1-8(2,3)11-10-7-5-4-6-9/h4-5,7H2,1-3H3. The minimum absolute atomic E-state index is 0.257. The Kier molecular flexibility index (Phi) is 4.84. The first-order valence-corrected chi connectivity index (χ1v) is 3.74. The van der Waals surface area contributed by atoms with Crippen molar-refractivity contribution in [2.24, 2.45) is 0 Å². The number of hydrogen-bond acceptors (Lipinski definition) is 3. The van der Waals surface area contributed by atoms with Gasteiger partial charge in [0.1, 0.15) is 0 Å². The van der Waals surface area contributed by atoms with Crippen molar-refractivity contribution in [3.63, 3.8) is 0 Å². The van der Waals surface area contributed by atoms with Gasteiger partial charge in [0.15, 0.2) is 0 Å². The first kappa shape index (κ1) is 10.4. The molecule has 0 saturated heterocycles. The lowest BCUT2D eigenvalue weighted by atomic mass is 10.2. The monoisotopic (exact) mass is 157 g/mol. The predicted octanol–water partition coefficient (Wildman–Crippen LogP) is 2.04. The largest absolute Gasteiger partial charge is 0.236 e. The highest BCUT2D eigenvalue weighted by molar-refractivity contribution is 4.67. The molecule has 0 aromatic rings. The van der Waals surface area contributed by atoms with Gasteiger partial charge >= 0.3 is 0 Å². The molecule has 0 aliphatic carbocycles. The van der Waals surface area contributed by atoms with Crippen LogP contribution < -0.4 is 0 Å². The van der Waals surface area contributed by atoms with Crippen LogP contribution in [0.25, 0.3) is 0 Å². The first-order valence-electron chi connectivity index (χ1n) is 3.74. The van der Waals surface area contributed by atoms with E-state index >= 15 is 0 Å². The van der Waals surface area contributed by atoms with Gasteiger partial charge < -0.3 is 0 Å². The van der Waals surface area contributed by atoms with Crippen molar-refractivity contribution >= 4 is 0 Å². The first-order chi connectivity index (χ1) is 5.06. The summed E-state index contributed by atoms with van der Waals surface area (Å²) < 4.78 is 0. The fraction of sp³-hybridized carbons (Fsp3) is 0.875. The SMILES string of the molecule is CC(C)(C)OOCCCC#N. The summed E-state index contributed by atoms with van der Waals surface area (Å²) in [5.41, 5.74) is -0.257. The van der Waals surface area contributed by atoms with Crippen LogP contribution in [0.3, 0.4) is 0 Å². The van der Waals surface area contributed by atoms with Gasteiger partial charge in [-0.15, -0.1) is 0 Å². The second-order valence-electron chi connectivity index (χ2n) is 3.28. The second kappa shape index (κ2) is 5.11. The van der Waals surface area contributed by atoms with Gasteiger partial charge in [0.25, 0.3) is 0 Å². The number of nitrogens with zero attached hydrogens (tertiary/aromatic N) is 1. The molecule has 3 nitrogen and oxygen atoms in total. The van der Waals surface area contributed by atoms with Crippen LogP contribution in [0.1, 0.15) is 33.6 Å². The second-order valence-corrected chi connectivity index (χ2v) is 3.28. The van der Waals surface area contributed by atoms with E-state index in [0.29, 0.717) is 13.0 Å². The lowest BCUT2D eigenvalue weighted by Crippen LogP contribution is -2.19. The molecule has 0 rings (SSSR count). The Labute approximate surface area is 67.8 Å². The lowest BCUT2D eigenvalue weighted by Gasteiger charge is -2.16. The van der Waals surface area contributed by atoms with Crippen molar-refractivity contribution in [2.75, 3.05) is 6.61 Å². The minimum atomic E-state index is -0.257. The molecule has 0 heterocycles. The Morgan fingerprint density at radius 1 is 1.36 bits per heavy atom. The Morgan fingerprint density at radius 2 is 2.00 bits per heavy atom. The molecule has 0 N–H and O–H groups in total. The van der Waals surface area contributed by atoms with Crippen molar-refractivity contribution in [2.45, 2.75) is 39.2 Å². The van der Waals surface area contributed by atoms with Crippen molar-refractivity contribution in [3.05, 3.63) is 0 Å². The molecule has 0 spiro atoms. The molecule has 0 aliphatic rings. The zero-order valence-electron chi connectivity index (χ0n) is 7.39. The fourth-order valence-electron chi connectivity index (χ4n) is 0.429. The Bertz CT molecular complexity index is 132. The summed E-state index contributed by atoms with van der Waals surface area (Å²) in [6.07, 6.45) is 1.25. The molecule has 11 heavy (non-hydrogen) atoms. The van der Waals surface area contributed by atoms with E-state index in [9.17, 15) is 0 Å². The molecule has 64 valence electrons. The van der Waals surface area contributed by atoms with E-state index in [0.717, 1.165) is 6.42 Å². The molecule has 0 atom stereocenters. The average molecular weight is 157 g/mol. The van der Waals surface area contributed by atoms with Crippen LogP contribution in [0.2, 0.25) is 0 Å². The van der Waals surface area contributed by atoms with E-state index < -0.39 is 0 Å². The molecule has 0 saturated carbocycles. The summed E-state index contributed by atoms with van der Waals surface area (Å²) in [4.78, 5) is 9.82. The molecule has 0 amide bonds. The molecule has 0 radical (unpaired) electrons. The number of nitriles is 1. The van der Waals surface area contributed by atoms with Crippen molar-refractivity contribution in [1.82, 2.24) is 0 Å². The smallest absolute Gasteiger partial charge is 0.0952 e. The maximum atomic E-state index is 8.18. The molecule has 0 unspecified atom stereocenters. The van der Waals surface area contributed by atoms with Gasteiger partial charge in [0, 0.05) is 6.42 Å². The summed E-state index contributed by atoms with van der Waals surface area (Å²) in [5.74, 6) is 0. The van der Waals surface area contributed by atoms with Gasteiger partial charge in [-0.3, -0.25) is 0 Å². The Balaban J connectivity index is 3.10. The lowest BCUT2D eigenvalue weighted by molar-refractivity contribution is -0.348. The van der Waals surface area contributed by atoms with Crippen LogP contribution in [-0.4, -0.2) is 12.2 Å². The summed E-state index contributed by atoms with van der Waals surface area (Å²) in [6.45, 7) is 6.23. The summed E-state index contributed by atoms with van der Waals surface area (Å²) in [7, 11) is 0. The summed E-state index contributed by atoms with van der Waals surface area (Å²) in [6, 6.07) is 2.03. The molecule has 0 aromatic carbocycles. The van der Waals surface area contributed by atoms with Gasteiger partial charge in [0.05, 0.1) is 18.3 Å². The van der Waals surface area contributed by atoms with E-state index in [1.54, 1.807) is 0 Å². The summed E-state index contributed by atoms with van der Waals surface area (Å²) in [5, 5.41) is 8.18. The van der Waals surface area contributed by atoms with Crippen molar-refractivity contribution in [3.8, 4) is 6.07 Å². The molecule has 0 aromatic heterocycles. The zero-order valence-corrected chi connectivity index (χ0v) is 7.39. The van der Waals surface area contributed by atoms with Crippen LogP contribution in [0, 0.1) is 11.3 Å². The number of hydrogen-bond donors (Lipinski definition) is 0. The van der Waals surface area contributed by atoms with Gasteiger partial charge in [-0.25, -0.2) is 9.78 Å². The maximum absolute atomic E-state index is 8.18. The molecule has 0 bridgehead atoms. The molecular formula is C8H15NO2. The van der Waals surface area contributed by atoms with E-state index in [1.165, 1.54) is 0 Å². The fourth-order valence-corrected chi connectivity index (χ4v) is 0.429. The van der Waals surface area contributed by atoms with Crippen LogP contribution in [0.15, 0.2) is 0 Å². The molecule has 3 heteroatoms. The van der Waals surface area contributed by atoms with Crippen LogP contribution in [-0.2, 0) is 9.78 Å². The maximum Gasteiger partial charge on any atom is 0.0952 e. The third-order valence-corrected chi connectivity index (χ3v) is 0.825. The van der Waals surface area contributed by atoms with Crippen LogP contribution >= 0.6 is 0 Å². The molecule has 0 aliphatic heterocycles. The highest BCUT2D eigenvalue weighted by atomic mass is 17.2. The highest BCUT2D eigenvalue weighted by Crippen LogP contribution is 2.07. The van der Waals surface area contributed by atoms with Gasteiger partial charge in [0.2, 0.25) is 0 Å². The number of rotatable bonds is 4. The third kappa shape index (κ3) is 9.41.